The lowest BCUT2D eigenvalue weighted by Crippen LogP contribution is -2.30. The van der Waals surface area contributed by atoms with E-state index in [2.05, 4.69) is 75.5 Å². The van der Waals surface area contributed by atoms with E-state index in [9.17, 15) is 14.4 Å². The molecule has 0 fully saturated rings. The second kappa shape index (κ2) is 47.2. The van der Waals surface area contributed by atoms with Crippen molar-refractivity contribution in [1.82, 2.24) is 0 Å². The molecule has 0 amide bonds. The fourth-order valence-electron chi connectivity index (χ4n) is 4.95. The van der Waals surface area contributed by atoms with E-state index in [0.717, 1.165) is 57.8 Å². The molecule has 1 unspecified atom stereocenters. The van der Waals surface area contributed by atoms with Gasteiger partial charge in [0.1, 0.15) is 13.2 Å². The molecule has 61 heavy (non-hydrogen) atoms. The number of esters is 3. The largest absolute Gasteiger partial charge is 0.462 e. The lowest BCUT2D eigenvalue weighted by Gasteiger charge is -2.18. The lowest BCUT2D eigenvalue weighted by molar-refractivity contribution is -0.167. The zero-order valence-corrected chi connectivity index (χ0v) is 37.6. The van der Waals surface area contributed by atoms with Crippen molar-refractivity contribution in [1.29, 1.82) is 0 Å². The number of allylic oxidation sites excluding steroid dienone is 30. The van der Waals surface area contributed by atoms with Gasteiger partial charge in [0.25, 0.3) is 0 Å². The molecule has 0 aromatic rings. The lowest BCUT2D eigenvalue weighted by atomic mass is 10.1. The van der Waals surface area contributed by atoms with E-state index in [-0.39, 0.29) is 44.4 Å². The Morgan fingerprint density at radius 2 is 0.689 bits per heavy atom. The van der Waals surface area contributed by atoms with Crippen molar-refractivity contribution in [2.45, 2.75) is 130 Å². The highest BCUT2D eigenvalue weighted by atomic mass is 16.6. The summed E-state index contributed by atoms with van der Waals surface area (Å²) in [5, 5.41) is 0. The van der Waals surface area contributed by atoms with Crippen molar-refractivity contribution < 1.29 is 28.6 Å². The van der Waals surface area contributed by atoms with Crippen molar-refractivity contribution in [3.05, 3.63) is 182 Å². The van der Waals surface area contributed by atoms with E-state index in [1.165, 1.54) is 0 Å². The summed E-state index contributed by atoms with van der Waals surface area (Å²) in [7, 11) is 0. The van der Waals surface area contributed by atoms with Gasteiger partial charge in [-0.05, 0) is 77.0 Å². The number of carbonyl (C=O) groups excluding carboxylic acids is 3. The maximum Gasteiger partial charge on any atom is 0.306 e. The summed E-state index contributed by atoms with van der Waals surface area (Å²) < 4.78 is 16.5. The highest BCUT2D eigenvalue weighted by Crippen LogP contribution is 2.09. The first-order valence-corrected chi connectivity index (χ1v) is 22.5. The molecule has 0 aromatic carbocycles. The van der Waals surface area contributed by atoms with Gasteiger partial charge >= 0.3 is 17.9 Å². The number of carbonyl (C=O) groups is 3. The Hall–Kier alpha value is -5.49. The third-order valence-electron chi connectivity index (χ3n) is 8.21. The molecule has 6 heteroatoms. The minimum atomic E-state index is -0.864. The van der Waals surface area contributed by atoms with Crippen LogP contribution in [0.25, 0.3) is 0 Å². The Balaban J connectivity index is 4.69. The van der Waals surface area contributed by atoms with Crippen LogP contribution in [0.3, 0.4) is 0 Å². The van der Waals surface area contributed by atoms with Crippen LogP contribution in [0.15, 0.2) is 182 Å². The number of rotatable bonds is 36. The average Bonchev–Trinajstić information content (AvgIpc) is 3.26. The molecule has 0 N–H and O–H groups in total. The van der Waals surface area contributed by atoms with Gasteiger partial charge in [-0.1, -0.05) is 209 Å². The van der Waals surface area contributed by atoms with Crippen LogP contribution in [0.2, 0.25) is 0 Å². The quantitative estimate of drug-likeness (QED) is 0.0206. The third kappa shape index (κ3) is 45.4. The second-order valence-electron chi connectivity index (χ2n) is 13.8. The molecule has 1 atom stereocenters. The van der Waals surface area contributed by atoms with Crippen LogP contribution in [-0.2, 0) is 28.6 Å². The molecule has 332 valence electrons. The average molecular weight is 833 g/mol. The van der Waals surface area contributed by atoms with Crippen LogP contribution >= 0.6 is 0 Å². The third-order valence-corrected chi connectivity index (χ3v) is 8.21. The van der Waals surface area contributed by atoms with E-state index in [0.29, 0.717) is 25.7 Å². The second-order valence-corrected chi connectivity index (χ2v) is 13.8. The van der Waals surface area contributed by atoms with Gasteiger partial charge in [-0.25, -0.2) is 0 Å². The van der Waals surface area contributed by atoms with Gasteiger partial charge in [0.15, 0.2) is 6.10 Å². The van der Waals surface area contributed by atoms with Crippen LogP contribution < -0.4 is 0 Å². The highest BCUT2D eigenvalue weighted by Gasteiger charge is 2.19. The Morgan fingerprint density at radius 3 is 1.15 bits per heavy atom. The molecule has 0 aliphatic heterocycles. The number of ether oxygens (including phenoxy) is 3. The van der Waals surface area contributed by atoms with Gasteiger partial charge in [-0.15, -0.1) is 0 Å². The van der Waals surface area contributed by atoms with Crippen molar-refractivity contribution in [3.8, 4) is 0 Å². The Kier molecular flexibility index (Phi) is 42.9. The fourth-order valence-corrected chi connectivity index (χ4v) is 4.95. The smallest absolute Gasteiger partial charge is 0.306 e. The zero-order valence-electron chi connectivity index (χ0n) is 37.6. The zero-order chi connectivity index (χ0) is 44.4. The molecule has 0 bridgehead atoms. The van der Waals surface area contributed by atoms with Crippen molar-refractivity contribution in [3.63, 3.8) is 0 Å². The van der Waals surface area contributed by atoms with Gasteiger partial charge in [0, 0.05) is 19.3 Å². The topological polar surface area (TPSA) is 78.9 Å². The first kappa shape index (κ1) is 55.5. The van der Waals surface area contributed by atoms with Gasteiger partial charge in [-0.3, -0.25) is 14.4 Å². The van der Waals surface area contributed by atoms with E-state index >= 15 is 0 Å². The molecule has 0 aliphatic rings. The normalized spacial score (nSPS) is 13.8. The van der Waals surface area contributed by atoms with Gasteiger partial charge in [0.05, 0.1) is 0 Å². The van der Waals surface area contributed by atoms with Gasteiger partial charge in [0.2, 0.25) is 0 Å². The molecule has 0 aliphatic carbocycles. The van der Waals surface area contributed by atoms with E-state index < -0.39 is 12.1 Å². The summed E-state index contributed by atoms with van der Waals surface area (Å²) in [5.74, 6) is -1.15. The summed E-state index contributed by atoms with van der Waals surface area (Å²) in [6.07, 6.45) is 71.7. The molecule has 0 saturated carbocycles. The molecule has 0 saturated heterocycles. The highest BCUT2D eigenvalue weighted by molar-refractivity contribution is 5.71. The minimum Gasteiger partial charge on any atom is -0.462 e. The standard InChI is InChI=1S/C55H76O6/c1-4-7-10-13-16-19-22-24-25-26-27-28-29-31-33-36-39-42-45-48-54(57)60-51-52(50-59-53(56)47-44-41-38-35-32-21-18-15-12-9-6-3)61-55(58)49-46-43-40-37-34-30-23-20-17-14-11-8-5-2/h7-14,16-31,33-35,37-38,40,52H,4-6,15,32,36,39,41-51H2,1-3H3/b10-7-,11-8-,12-9-,16-13-,17-14-,21-18-,22-19-,23-20-,25-24-,27-26+,29-28-,33-31-,34-30-,38-35-,40-37-. The molecular formula is C55H76O6. The van der Waals surface area contributed by atoms with E-state index in [1.807, 2.05) is 128 Å². The van der Waals surface area contributed by atoms with E-state index in [4.69, 9.17) is 14.2 Å². The number of hydrogen-bond donors (Lipinski definition) is 0. The maximum atomic E-state index is 12.7. The van der Waals surface area contributed by atoms with Crippen LogP contribution in [-0.4, -0.2) is 37.2 Å². The monoisotopic (exact) mass is 833 g/mol. The molecular weight excluding hydrogens is 757 g/mol. The summed E-state index contributed by atoms with van der Waals surface area (Å²) >= 11 is 0. The van der Waals surface area contributed by atoms with Crippen molar-refractivity contribution in [2.24, 2.45) is 0 Å². The first-order valence-electron chi connectivity index (χ1n) is 22.5. The fraction of sp³-hybridized carbons (Fsp3) is 0.400. The molecule has 0 rings (SSSR count). The molecule has 0 aromatic heterocycles. The van der Waals surface area contributed by atoms with Crippen LogP contribution in [0.5, 0.6) is 0 Å². The van der Waals surface area contributed by atoms with Crippen LogP contribution in [0, 0.1) is 0 Å². The Bertz CT molecular complexity index is 1560. The first-order chi connectivity index (χ1) is 30.0. The van der Waals surface area contributed by atoms with E-state index in [1.54, 1.807) is 0 Å². The number of unbranched alkanes of at least 4 members (excludes halogenated alkanes) is 5. The maximum absolute atomic E-state index is 12.7. The molecule has 0 spiro atoms. The predicted octanol–water partition coefficient (Wildman–Crippen LogP) is 14.6. The van der Waals surface area contributed by atoms with Crippen LogP contribution in [0.1, 0.15) is 124 Å². The Labute approximate surface area is 370 Å². The summed E-state index contributed by atoms with van der Waals surface area (Å²) in [4.78, 5) is 37.7. The molecule has 0 heterocycles. The Morgan fingerprint density at radius 1 is 0.344 bits per heavy atom. The minimum absolute atomic E-state index is 0.158. The molecule has 6 nitrogen and oxygen atoms in total. The number of hydrogen-bond acceptors (Lipinski definition) is 6. The van der Waals surface area contributed by atoms with Gasteiger partial charge < -0.3 is 14.2 Å². The SMILES string of the molecule is CC\C=C/C=C\C=C/C=C\C=C/CCCC(=O)OC(COC(=O)CCC/C=C\C/C=C\C/C=C\CC)COC(=O)CCCCC\C=C/C=C\C=C\C=C/C=C\C=C/C=C\CC. The predicted molar refractivity (Wildman–Crippen MR) is 260 cm³/mol. The van der Waals surface area contributed by atoms with Crippen molar-refractivity contribution in [2.75, 3.05) is 13.2 Å². The summed E-state index contributed by atoms with van der Waals surface area (Å²) in [6, 6.07) is 0. The molecule has 0 radical (unpaired) electrons. The summed E-state index contributed by atoms with van der Waals surface area (Å²) in [6.45, 7) is 6.01. The summed E-state index contributed by atoms with van der Waals surface area (Å²) in [5.41, 5.74) is 0. The van der Waals surface area contributed by atoms with Crippen LogP contribution in [0.4, 0.5) is 0 Å². The van der Waals surface area contributed by atoms with Gasteiger partial charge in [-0.2, -0.15) is 0 Å². The van der Waals surface area contributed by atoms with Crippen molar-refractivity contribution >= 4 is 17.9 Å².